The maximum absolute atomic E-state index is 13.4. The summed E-state index contributed by atoms with van der Waals surface area (Å²) < 4.78 is 26.5. The van der Waals surface area contributed by atoms with Crippen molar-refractivity contribution in [1.29, 1.82) is 0 Å². The molecule has 16 heavy (non-hydrogen) atoms. The van der Waals surface area contributed by atoms with Crippen LogP contribution in [0.3, 0.4) is 0 Å². The molecule has 2 rings (SSSR count). The average molecular weight is 247 g/mol. The van der Waals surface area contributed by atoms with Crippen LogP contribution in [0.4, 0.5) is 8.78 Å². The minimum atomic E-state index is -0.979. The predicted molar refractivity (Wildman–Crippen MR) is 54.4 cm³/mol. The van der Waals surface area contributed by atoms with Gasteiger partial charge >= 0.3 is 5.97 Å². The smallest absolute Gasteiger partial charge is 0.309 e. The summed E-state index contributed by atoms with van der Waals surface area (Å²) in [7, 11) is 0. The second kappa shape index (κ2) is 3.70. The number of hydrogen-bond acceptors (Lipinski definition) is 1. The predicted octanol–water partition coefficient (Wildman–Crippen LogP) is 3.03. The summed E-state index contributed by atoms with van der Waals surface area (Å²) >= 11 is 5.63. The second-order valence-electron chi connectivity index (χ2n) is 4.08. The van der Waals surface area contributed by atoms with Crippen molar-refractivity contribution in [3.8, 4) is 0 Å². The molecule has 0 aromatic heterocycles. The third kappa shape index (κ3) is 1.78. The van der Waals surface area contributed by atoms with Gasteiger partial charge in [-0.25, -0.2) is 8.78 Å². The number of carboxylic acids is 1. The van der Waals surface area contributed by atoms with Gasteiger partial charge in [-0.05, 0) is 31.4 Å². The van der Waals surface area contributed by atoms with Gasteiger partial charge in [-0.3, -0.25) is 4.79 Å². The van der Waals surface area contributed by atoms with E-state index in [1.807, 2.05) is 0 Å². The Morgan fingerprint density at radius 2 is 1.94 bits per heavy atom. The summed E-state index contributed by atoms with van der Waals surface area (Å²) in [4.78, 5) is 10.9. The average Bonchev–Trinajstić information content (AvgIpc) is 3.00. The Labute approximate surface area is 95.8 Å². The maximum Gasteiger partial charge on any atom is 0.309 e. The molecule has 2 nitrogen and oxygen atoms in total. The number of carbonyl (C=O) groups is 1. The van der Waals surface area contributed by atoms with Crippen molar-refractivity contribution in [2.45, 2.75) is 19.3 Å². The van der Waals surface area contributed by atoms with Crippen LogP contribution in [0, 0.1) is 17.0 Å². The molecule has 0 bridgehead atoms. The lowest BCUT2D eigenvalue weighted by molar-refractivity contribution is -0.143. The molecule has 0 saturated heterocycles. The molecule has 1 fully saturated rings. The fraction of sp³-hybridized carbons (Fsp3) is 0.364. The Hall–Kier alpha value is -1.16. The molecule has 1 aromatic rings. The highest BCUT2D eigenvalue weighted by atomic mass is 35.5. The first-order valence-electron chi connectivity index (χ1n) is 4.82. The quantitative estimate of drug-likeness (QED) is 0.833. The van der Waals surface area contributed by atoms with Gasteiger partial charge in [0.15, 0.2) is 0 Å². The summed E-state index contributed by atoms with van der Waals surface area (Å²) in [6, 6.07) is 1.90. The minimum Gasteiger partial charge on any atom is -0.481 e. The zero-order chi connectivity index (χ0) is 11.9. The first-order chi connectivity index (χ1) is 7.46. The highest BCUT2D eigenvalue weighted by Gasteiger charge is 2.50. The molecule has 1 aromatic carbocycles. The maximum atomic E-state index is 13.4. The van der Waals surface area contributed by atoms with E-state index < -0.39 is 23.0 Å². The van der Waals surface area contributed by atoms with Gasteiger partial charge in [-0.2, -0.15) is 0 Å². The Bertz CT molecular complexity index is 456. The molecule has 5 heteroatoms. The van der Waals surface area contributed by atoms with Gasteiger partial charge in [-0.15, -0.1) is 0 Å². The first-order valence-corrected chi connectivity index (χ1v) is 5.20. The molecule has 0 unspecified atom stereocenters. The molecule has 1 saturated carbocycles. The fourth-order valence-electron chi connectivity index (χ4n) is 1.69. The fourth-order valence-corrected chi connectivity index (χ4v) is 1.91. The molecule has 0 spiro atoms. The van der Waals surface area contributed by atoms with Crippen molar-refractivity contribution in [2.75, 3.05) is 0 Å². The van der Waals surface area contributed by atoms with E-state index in [1.54, 1.807) is 0 Å². The van der Waals surface area contributed by atoms with Gasteiger partial charge in [0, 0.05) is 5.56 Å². The van der Waals surface area contributed by atoms with Crippen LogP contribution in [0.5, 0.6) is 0 Å². The molecular formula is C11H9ClF2O2. The molecule has 0 aliphatic heterocycles. The van der Waals surface area contributed by atoms with Crippen LogP contribution in [0.1, 0.15) is 18.4 Å². The van der Waals surface area contributed by atoms with Crippen molar-refractivity contribution in [2.24, 2.45) is 5.41 Å². The second-order valence-corrected chi connectivity index (χ2v) is 4.46. The Morgan fingerprint density at radius 3 is 2.44 bits per heavy atom. The topological polar surface area (TPSA) is 37.3 Å². The van der Waals surface area contributed by atoms with Crippen molar-refractivity contribution < 1.29 is 18.7 Å². The standard InChI is InChI=1S/C11H9ClF2O2/c12-9-6(7(13)1-2-8(9)14)5-11(3-4-11)10(15)16/h1-2H,3-5H2,(H,15,16). The van der Waals surface area contributed by atoms with Gasteiger partial charge in [-0.1, -0.05) is 11.6 Å². The summed E-state index contributed by atoms with van der Waals surface area (Å²) in [6.45, 7) is 0. The summed E-state index contributed by atoms with van der Waals surface area (Å²) in [5.41, 5.74) is -0.986. The van der Waals surface area contributed by atoms with Crippen LogP contribution >= 0.6 is 11.6 Å². The van der Waals surface area contributed by atoms with E-state index in [2.05, 4.69) is 0 Å². The first kappa shape index (κ1) is 11.3. The number of carboxylic acid groups (broad SMARTS) is 1. The molecule has 1 N–H and O–H groups in total. The highest BCUT2D eigenvalue weighted by molar-refractivity contribution is 6.31. The van der Waals surface area contributed by atoms with Crippen LogP contribution in [-0.4, -0.2) is 11.1 Å². The minimum absolute atomic E-state index is 0.0402. The Morgan fingerprint density at radius 1 is 1.38 bits per heavy atom. The Kier molecular flexibility index (Phi) is 2.62. The number of hydrogen-bond donors (Lipinski definition) is 1. The van der Waals surface area contributed by atoms with Gasteiger partial charge < -0.3 is 5.11 Å². The summed E-state index contributed by atoms with van der Waals surface area (Å²) in [5, 5.41) is 8.64. The van der Waals surface area contributed by atoms with Crippen LogP contribution < -0.4 is 0 Å². The molecule has 0 radical (unpaired) electrons. The lowest BCUT2D eigenvalue weighted by Gasteiger charge is -2.12. The monoisotopic (exact) mass is 246 g/mol. The molecular weight excluding hydrogens is 238 g/mol. The molecule has 0 atom stereocenters. The molecule has 0 heterocycles. The number of benzene rings is 1. The van der Waals surface area contributed by atoms with Crippen LogP contribution in [0.15, 0.2) is 12.1 Å². The third-order valence-electron chi connectivity index (χ3n) is 2.96. The molecule has 86 valence electrons. The van der Waals surface area contributed by atoms with E-state index >= 15 is 0 Å². The molecule has 1 aliphatic rings. The van der Waals surface area contributed by atoms with E-state index in [0.717, 1.165) is 12.1 Å². The van der Waals surface area contributed by atoms with Crippen LogP contribution in [0.25, 0.3) is 0 Å². The number of halogens is 3. The van der Waals surface area contributed by atoms with Crippen LogP contribution in [0.2, 0.25) is 5.02 Å². The van der Waals surface area contributed by atoms with Crippen molar-refractivity contribution >= 4 is 17.6 Å². The van der Waals surface area contributed by atoms with Crippen molar-refractivity contribution in [3.05, 3.63) is 34.4 Å². The molecule has 0 amide bonds. The number of rotatable bonds is 3. The van der Waals surface area contributed by atoms with Gasteiger partial charge in [0.2, 0.25) is 0 Å². The van der Waals surface area contributed by atoms with Crippen LogP contribution in [-0.2, 0) is 11.2 Å². The lowest BCUT2D eigenvalue weighted by atomic mass is 9.96. The van der Waals surface area contributed by atoms with E-state index in [1.165, 1.54) is 0 Å². The van der Waals surface area contributed by atoms with E-state index in [4.69, 9.17) is 16.7 Å². The zero-order valence-corrected chi connectivity index (χ0v) is 9.02. The van der Waals surface area contributed by atoms with Gasteiger partial charge in [0.25, 0.3) is 0 Å². The SMILES string of the molecule is O=C(O)C1(Cc2c(F)ccc(F)c2Cl)CC1. The van der Waals surface area contributed by atoms with E-state index in [9.17, 15) is 13.6 Å². The normalized spacial score (nSPS) is 17.2. The largest absolute Gasteiger partial charge is 0.481 e. The highest BCUT2D eigenvalue weighted by Crippen LogP contribution is 2.49. The Balaban J connectivity index is 2.35. The van der Waals surface area contributed by atoms with Gasteiger partial charge in [0.1, 0.15) is 11.6 Å². The van der Waals surface area contributed by atoms with E-state index in [0.29, 0.717) is 12.8 Å². The van der Waals surface area contributed by atoms with Crippen molar-refractivity contribution in [1.82, 2.24) is 0 Å². The lowest BCUT2D eigenvalue weighted by Crippen LogP contribution is -2.18. The summed E-state index contributed by atoms with van der Waals surface area (Å²) in [5.74, 6) is -2.36. The molecule has 1 aliphatic carbocycles. The van der Waals surface area contributed by atoms with Gasteiger partial charge in [0.05, 0.1) is 10.4 Å². The summed E-state index contributed by atoms with van der Waals surface area (Å²) in [6.07, 6.45) is 0.911. The third-order valence-corrected chi connectivity index (χ3v) is 3.37. The zero-order valence-electron chi connectivity index (χ0n) is 8.27. The van der Waals surface area contributed by atoms with Crippen molar-refractivity contribution in [3.63, 3.8) is 0 Å². The van der Waals surface area contributed by atoms with E-state index in [-0.39, 0.29) is 17.0 Å². The number of aliphatic carboxylic acids is 1.